The van der Waals surface area contributed by atoms with Crippen molar-refractivity contribution in [2.75, 3.05) is 6.54 Å². The van der Waals surface area contributed by atoms with Gasteiger partial charge in [-0.1, -0.05) is 29.8 Å². The molecule has 0 spiro atoms. The second-order valence-electron chi connectivity index (χ2n) is 6.65. The van der Waals surface area contributed by atoms with Crippen molar-refractivity contribution < 1.29 is 14.5 Å². The molecule has 2 aromatic carbocycles. The van der Waals surface area contributed by atoms with Crippen LogP contribution in [0.1, 0.15) is 27.9 Å². The van der Waals surface area contributed by atoms with Gasteiger partial charge in [-0.3, -0.25) is 19.7 Å². The van der Waals surface area contributed by atoms with Crippen LogP contribution in [0.25, 0.3) is 6.08 Å². The largest absolute Gasteiger partial charge is 0.352 e. The Morgan fingerprint density at radius 2 is 1.96 bits per heavy atom. The molecule has 28 heavy (non-hydrogen) atoms. The number of fused-ring (bicyclic) bond motifs is 1. The maximum Gasteiger partial charge on any atom is 0.282 e. The number of nitrogens with one attached hydrogen (secondary N) is 1. The molecule has 0 saturated carbocycles. The number of rotatable bonds is 5. The lowest BCUT2D eigenvalue weighted by molar-refractivity contribution is -0.385. The van der Waals surface area contributed by atoms with Crippen LogP contribution in [-0.4, -0.2) is 23.3 Å². The Morgan fingerprint density at radius 1 is 1.25 bits per heavy atom. The quantitative estimate of drug-likeness (QED) is 0.615. The molecule has 1 unspecified atom stereocenters. The van der Waals surface area contributed by atoms with Gasteiger partial charge in [-0.05, 0) is 43.5 Å². The summed E-state index contributed by atoms with van der Waals surface area (Å²) in [5.74, 6) is -1.33. The predicted octanol–water partition coefficient (Wildman–Crippen LogP) is 2.24. The topological polar surface area (TPSA) is 102 Å². The van der Waals surface area contributed by atoms with Crippen LogP contribution in [0.2, 0.25) is 5.02 Å². The molecule has 2 aromatic rings. The highest BCUT2D eigenvalue weighted by Crippen LogP contribution is 2.22. The van der Waals surface area contributed by atoms with Crippen molar-refractivity contribution in [2.45, 2.75) is 20.3 Å². The summed E-state index contributed by atoms with van der Waals surface area (Å²) in [5, 5.41) is 15.6. The third-order valence-electron chi connectivity index (χ3n) is 4.68. The Balaban J connectivity index is 1.74. The first kappa shape index (κ1) is 19.7. The lowest BCUT2D eigenvalue weighted by Crippen LogP contribution is -2.38. The third kappa shape index (κ3) is 3.94. The standard InChI is InChI=1S/C20H18ClN3O4/c1-11-3-4-12(2)18-15(11)9-13(19(25)23-18)7-8-22-20(26)16-10-14(21)5-6-17(16)24(27)28/h3-6,9-10,13H,7-8H2,1-2H3,(H,22,26). The van der Waals surface area contributed by atoms with Crippen LogP contribution in [0, 0.1) is 29.9 Å². The van der Waals surface area contributed by atoms with E-state index in [1.54, 1.807) is 0 Å². The lowest BCUT2D eigenvalue weighted by atomic mass is 9.97. The van der Waals surface area contributed by atoms with Crippen LogP contribution in [0.15, 0.2) is 35.3 Å². The van der Waals surface area contributed by atoms with Gasteiger partial charge in [-0.25, -0.2) is 4.99 Å². The Labute approximate surface area is 165 Å². The number of nitro benzene ring substituents is 1. The number of hydrogen-bond donors (Lipinski definition) is 1. The highest BCUT2D eigenvalue weighted by Gasteiger charge is 2.22. The summed E-state index contributed by atoms with van der Waals surface area (Å²) in [6, 6.07) is 7.71. The van der Waals surface area contributed by atoms with Gasteiger partial charge in [0.25, 0.3) is 17.5 Å². The maximum absolute atomic E-state index is 12.3. The number of hydrogen-bond acceptors (Lipinski definition) is 4. The van der Waals surface area contributed by atoms with Crippen molar-refractivity contribution in [2.24, 2.45) is 10.9 Å². The van der Waals surface area contributed by atoms with E-state index in [0.717, 1.165) is 16.3 Å². The zero-order chi connectivity index (χ0) is 20.4. The minimum Gasteiger partial charge on any atom is -0.352 e. The van der Waals surface area contributed by atoms with Crippen LogP contribution in [0.4, 0.5) is 5.69 Å². The molecule has 1 aliphatic rings. The van der Waals surface area contributed by atoms with Gasteiger partial charge in [0.2, 0.25) is 0 Å². The molecular formula is C20H18ClN3O4. The molecule has 0 radical (unpaired) electrons. The van der Waals surface area contributed by atoms with E-state index in [2.05, 4.69) is 10.3 Å². The predicted molar refractivity (Wildman–Crippen MR) is 105 cm³/mol. The van der Waals surface area contributed by atoms with E-state index < -0.39 is 16.7 Å². The van der Waals surface area contributed by atoms with Crippen LogP contribution >= 0.6 is 11.6 Å². The van der Waals surface area contributed by atoms with E-state index in [-0.39, 0.29) is 28.7 Å². The molecule has 0 saturated heterocycles. The second-order valence-corrected chi connectivity index (χ2v) is 7.08. The number of halogens is 1. The normalized spacial score (nSPS) is 15.2. The van der Waals surface area contributed by atoms with Crippen molar-refractivity contribution in [3.8, 4) is 0 Å². The molecule has 1 atom stereocenters. The summed E-state index contributed by atoms with van der Waals surface area (Å²) in [5.41, 5.74) is 1.53. The van der Waals surface area contributed by atoms with Crippen molar-refractivity contribution >= 4 is 35.2 Å². The highest BCUT2D eigenvalue weighted by molar-refractivity contribution is 6.31. The van der Waals surface area contributed by atoms with E-state index in [4.69, 9.17) is 11.6 Å². The summed E-state index contributed by atoms with van der Waals surface area (Å²) in [4.78, 5) is 39.4. The summed E-state index contributed by atoms with van der Waals surface area (Å²) in [6.07, 6.45) is 2.22. The van der Waals surface area contributed by atoms with Gasteiger partial charge >= 0.3 is 0 Å². The molecule has 0 aliphatic carbocycles. The van der Waals surface area contributed by atoms with Crippen molar-refractivity contribution in [1.29, 1.82) is 0 Å². The molecule has 0 fully saturated rings. The maximum atomic E-state index is 12.3. The molecule has 144 valence electrons. The third-order valence-corrected chi connectivity index (χ3v) is 4.92. The first-order chi connectivity index (χ1) is 13.3. The zero-order valence-corrected chi connectivity index (χ0v) is 16.1. The smallest absolute Gasteiger partial charge is 0.282 e. The monoisotopic (exact) mass is 399 g/mol. The minimum atomic E-state index is -0.634. The van der Waals surface area contributed by atoms with Gasteiger partial charge in [-0.15, -0.1) is 0 Å². The summed E-state index contributed by atoms with van der Waals surface area (Å²) >= 11 is 5.85. The van der Waals surface area contributed by atoms with Crippen LogP contribution in [0.3, 0.4) is 0 Å². The summed E-state index contributed by atoms with van der Waals surface area (Å²) < 4.78 is 0. The Morgan fingerprint density at radius 3 is 2.68 bits per heavy atom. The molecule has 8 heteroatoms. The summed E-state index contributed by atoms with van der Waals surface area (Å²) in [7, 11) is 0. The molecule has 0 aromatic heterocycles. The molecule has 7 nitrogen and oxygen atoms in total. The fraction of sp³-hybridized carbons (Fsp3) is 0.250. The molecule has 3 rings (SSSR count). The fourth-order valence-electron chi connectivity index (χ4n) is 3.13. The Bertz CT molecular complexity index is 1110. The number of carbonyl (C=O) groups excluding carboxylic acids is 2. The van der Waals surface area contributed by atoms with Crippen LogP contribution in [-0.2, 0) is 4.79 Å². The highest BCUT2D eigenvalue weighted by atomic mass is 35.5. The van der Waals surface area contributed by atoms with E-state index in [9.17, 15) is 19.7 Å². The van der Waals surface area contributed by atoms with Gasteiger partial charge in [0, 0.05) is 22.9 Å². The number of carbonyl (C=O) groups is 2. The average Bonchev–Trinajstić information content (AvgIpc) is 2.65. The van der Waals surface area contributed by atoms with Gasteiger partial charge in [0.1, 0.15) is 5.56 Å². The molecule has 2 amide bonds. The second kappa shape index (κ2) is 7.90. The van der Waals surface area contributed by atoms with Gasteiger partial charge < -0.3 is 5.32 Å². The van der Waals surface area contributed by atoms with Crippen LogP contribution < -0.4 is 15.9 Å². The number of aryl methyl sites for hydroxylation is 2. The van der Waals surface area contributed by atoms with Crippen molar-refractivity contribution in [3.05, 3.63) is 72.7 Å². The fourth-order valence-corrected chi connectivity index (χ4v) is 3.31. The Kier molecular flexibility index (Phi) is 5.56. The van der Waals surface area contributed by atoms with E-state index in [1.807, 2.05) is 32.1 Å². The van der Waals surface area contributed by atoms with E-state index in [0.29, 0.717) is 11.8 Å². The average molecular weight is 400 g/mol. The van der Waals surface area contributed by atoms with Gasteiger partial charge in [-0.2, -0.15) is 0 Å². The van der Waals surface area contributed by atoms with Gasteiger partial charge in [0.15, 0.2) is 0 Å². The molecule has 1 heterocycles. The lowest BCUT2D eigenvalue weighted by Gasteiger charge is -2.14. The molecule has 1 aliphatic heterocycles. The number of nitro groups is 1. The number of amides is 2. The van der Waals surface area contributed by atoms with Crippen molar-refractivity contribution in [1.82, 2.24) is 5.32 Å². The first-order valence-electron chi connectivity index (χ1n) is 8.70. The Hall–Kier alpha value is -3.06. The van der Waals surface area contributed by atoms with Gasteiger partial charge in [0.05, 0.1) is 16.2 Å². The van der Waals surface area contributed by atoms with E-state index in [1.165, 1.54) is 18.2 Å². The molecule has 0 bridgehead atoms. The number of benzene rings is 2. The minimum absolute atomic E-state index is 0.113. The van der Waals surface area contributed by atoms with E-state index >= 15 is 0 Å². The SMILES string of the molecule is Cc1ccc(C)c2c1=CC(CCNC(=O)c1cc(Cl)ccc1[N+](=O)[O-])C(=O)N=2. The summed E-state index contributed by atoms with van der Waals surface area (Å²) in [6.45, 7) is 4.03. The van der Waals surface area contributed by atoms with Crippen molar-refractivity contribution in [3.63, 3.8) is 0 Å². The first-order valence-corrected chi connectivity index (χ1v) is 9.08. The van der Waals surface area contributed by atoms with Crippen LogP contribution in [0.5, 0.6) is 0 Å². The molecular weight excluding hydrogens is 382 g/mol. The zero-order valence-electron chi connectivity index (χ0n) is 15.4. The number of nitrogens with zero attached hydrogens (tertiary/aromatic N) is 2. The molecule has 1 N–H and O–H groups in total.